The fourth-order valence-electron chi connectivity index (χ4n) is 1.78. The van der Waals surface area contributed by atoms with Gasteiger partial charge in [-0.25, -0.2) is 0 Å². The monoisotopic (exact) mass is 263 g/mol. The van der Waals surface area contributed by atoms with Crippen LogP contribution in [0.25, 0.3) is 0 Å². The van der Waals surface area contributed by atoms with Crippen LogP contribution < -0.4 is 5.32 Å². The summed E-state index contributed by atoms with van der Waals surface area (Å²) < 4.78 is 4.79. The van der Waals surface area contributed by atoms with Gasteiger partial charge in [-0.05, 0) is 24.5 Å². The van der Waals surface area contributed by atoms with Crippen LogP contribution in [0.1, 0.15) is 45.1 Å². The summed E-state index contributed by atoms with van der Waals surface area (Å²) in [6, 6.07) is 7.69. The molecular formula is C15H21NO3. The number of nitrogens with one attached hydrogen (secondary N) is 1. The summed E-state index contributed by atoms with van der Waals surface area (Å²) in [6.45, 7) is 6.24. The van der Waals surface area contributed by atoms with Gasteiger partial charge in [0.1, 0.15) is 0 Å². The van der Waals surface area contributed by atoms with Crippen LogP contribution in [-0.4, -0.2) is 18.5 Å². The molecular weight excluding hydrogens is 242 g/mol. The molecule has 0 radical (unpaired) electrons. The number of amides is 1. The minimum absolute atomic E-state index is 0.115. The van der Waals surface area contributed by atoms with Crippen molar-refractivity contribution < 1.29 is 14.3 Å². The average molecular weight is 263 g/mol. The van der Waals surface area contributed by atoms with Crippen LogP contribution in [0.5, 0.6) is 0 Å². The van der Waals surface area contributed by atoms with Crippen molar-refractivity contribution in [2.75, 3.05) is 11.9 Å². The van der Waals surface area contributed by atoms with Gasteiger partial charge in [0.05, 0.1) is 13.0 Å². The summed E-state index contributed by atoms with van der Waals surface area (Å²) in [5.74, 6) is -0.169. The molecule has 0 aliphatic rings. The average Bonchev–Trinajstić information content (AvgIpc) is 2.37. The normalized spacial score (nSPS) is 10.3. The van der Waals surface area contributed by atoms with E-state index in [1.165, 1.54) is 0 Å². The Labute approximate surface area is 114 Å². The first-order valence-corrected chi connectivity index (χ1v) is 6.59. The van der Waals surface area contributed by atoms with E-state index in [0.29, 0.717) is 12.5 Å². The highest BCUT2D eigenvalue weighted by Crippen LogP contribution is 2.23. The van der Waals surface area contributed by atoms with Gasteiger partial charge in [0.2, 0.25) is 5.91 Å². The van der Waals surface area contributed by atoms with E-state index in [1.54, 1.807) is 6.92 Å². The zero-order valence-corrected chi connectivity index (χ0v) is 11.7. The third-order valence-corrected chi connectivity index (χ3v) is 2.72. The Morgan fingerprint density at radius 2 is 1.89 bits per heavy atom. The molecule has 1 aromatic rings. The van der Waals surface area contributed by atoms with Crippen molar-refractivity contribution >= 4 is 17.6 Å². The van der Waals surface area contributed by atoms with Crippen molar-refractivity contribution in [3.8, 4) is 0 Å². The number of hydrogen-bond donors (Lipinski definition) is 1. The molecule has 4 heteroatoms. The second-order valence-corrected chi connectivity index (χ2v) is 4.60. The van der Waals surface area contributed by atoms with Gasteiger partial charge in [-0.2, -0.15) is 0 Å². The van der Waals surface area contributed by atoms with Crippen LogP contribution in [-0.2, 0) is 14.3 Å². The highest BCUT2D eigenvalue weighted by atomic mass is 16.5. The number of ether oxygens (including phenoxy) is 1. The first-order chi connectivity index (χ1) is 9.04. The third-order valence-electron chi connectivity index (χ3n) is 2.72. The Kier molecular flexibility index (Phi) is 6.06. The van der Waals surface area contributed by atoms with Crippen LogP contribution in [0.2, 0.25) is 0 Å². The van der Waals surface area contributed by atoms with Gasteiger partial charge in [0.25, 0.3) is 0 Å². The van der Waals surface area contributed by atoms with Crippen LogP contribution in [0.4, 0.5) is 5.69 Å². The summed E-state index contributed by atoms with van der Waals surface area (Å²) in [5.41, 5.74) is 1.90. The number of rotatable bonds is 6. The predicted octanol–water partition coefficient (Wildman–Crippen LogP) is 3.09. The molecule has 1 rings (SSSR count). The number of hydrogen-bond acceptors (Lipinski definition) is 3. The molecule has 0 bridgehead atoms. The minimum atomic E-state index is -0.338. The molecule has 0 spiro atoms. The molecule has 0 atom stereocenters. The maximum Gasteiger partial charge on any atom is 0.306 e. The fourth-order valence-corrected chi connectivity index (χ4v) is 1.78. The number of carbonyl (C=O) groups is 2. The number of benzene rings is 1. The van der Waals surface area contributed by atoms with Crippen molar-refractivity contribution in [2.24, 2.45) is 0 Å². The predicted molar refractivity (Wildman–Crippen MR) is 75.0 cm³/mol. The molecule has 19 heavy (non-hydrogen) atoms. The maximum atomic E-state index is 11.8. The molecule has 0 aromatic heterocycles. The van der Waals surface area contributed by atoms with Crippen LogP contribution in [0.3, 0.4) is 0 Å². The zero-order chi connectivity index (χ0) is 14.3. The third kappa shape index (κ3) is 5.12. The number of anilines is 1. The molecule has 0 heterocycles. The van der Waals surface area contributed by atoms with E-state index in [-0.39, 0.29) is 24.7 Å². The Morgan fingerprint density at radius 3 is 2.53 bits per heavy atom. The second kappa shape index (κ2) is 7.56. The van der Waals surface area contributed by atoms with Crippen molar-refractivity contribution in [2.45, 2.75) is 39.5 Å². The SMILES string of the molecule is CCOC(=O)CCC(=O)Nc1ccccc1C(C)C. The van der Waals surface area contributed by atoms with Gasteiger partial charge in [0, 0.05) is 12.1 Å². The lowest BCUT2D eigenvalue weighted by Crippen LogP contribution is -2.15. The fraction of sp³-hybridized carbons (Fsp3) is 0.467. The Balaban J connectivity index is 2.55. The zero-order valence-electron chi connectivity index (χ0n) is 11.7. The highest BCUT2D eigenvalue weighted by molar-refractivity contribution is 5.93. The van der Waals surface area contributed by atoms with Gasteiger partial charge in [-0.15, -0.1) is 0 Å². The summed E-state index contributed by atoms with van der Waals surface area (Å²) >= 11 is 0. The van der Waals surface area contributed by atoms with E-state index in [0.717, 1.165) is 11.3 Å². The van der Waals surface area contributed by atoms with E-state index in [2.05, 4.69) is 19.2 Å². The Bertz CT molecular complexity index is 441. The van der Waals surface area contributed by atoms with Crippen molar-refractivity contribution in [3.05, 3.63) is 29.8 Å². The van der Waals surface area contributed by atoms with E-state index >= 15 is 0 Å². The van der Waals surface area contributed by atoms with Crippen LogP contribution >= 0.6 is 0 Å². The molecule has 1 amide bonds. The van der Waals surface area contributed by atoms with Gasteiger partial charge in [0.15, 0.2) is 0 Å². The molecule has 4 nitrogen and oxygen atoms in total. The maximum absolute atomic E-state index is 11.8. The number of esters is 1. The molecule has 1 N–H and O–H groups in total. The largest absolute Gasteiger partial charge is 0.466 e. The standard InChI is InChI=1S/C15H21NO3/c1-4-19-15(18)10-9-14(17)16-13-8-6-5-7-12(13)11(2)3/h5-8,11H,4,9-10H2,1-3H3,(H,16,17). The molecule has 0 aliphatic carbocycles. The van der Waals surface area contributed by atoms with E-state index in [9.17, 15) is 9.59 Å². The molecule has 0 aliphatic heterocycles. The molecule has 0 fully saturated rings. The molecule has 0 saturated heterocycles. The summed E-state index contributed by atoms with van der Waals surface area (Å²) in [5, 5.41) is 2.84. The van der Waals surface area contributed by atoms with Crippen LogP contribution in [0, 0.1) is 0 Å². The molecule has 0 saturated carbocycles. The topological polar surface area (TPSA) is 55.4 Å². The van der Waals surface area contributed by atoms with E-state index in [4.69, 9.17) is 4.74 Å². The highest BCUT2D eigenvalue weighted by Gasteiger charge is 2.11. The first kappa shape index (κ1) is 15.2. The van der Waals surface area contributed by atoms with Gasteiger partial charge >= 0.3 is 5.97 Å². The van der Waals surface area contributed by atoms with Crippen molar-refractivity contribution in [1.82, 2.24) is 0 Å². The summed E-state index contributed by atoms with van der Waals surface area (Å²) in [6.07, 6.45) is 0.259. The lowest BCUT2D eigenvalue weighted by molar-refractivity contribution is -0.144. The quantitative estimate of drug-likeness (QED) is 0.802. The molecule has 104 valence electrons. The number of para-hydroxylation sites is 1. The minimum Gasteiger partial charge on any atom is -0.466 e. The lowest BCUT2D eigenvalue weighted by Gasteiger charge is -2.13. The summed E-state index contributed by atoms with van der Waals surface area (Å²) in [7, 11) is 0. The lowest BCUT2D eigenvalue weighted by atomic mass is 10.0. The van der Waals surface area contributed by atoms with Gasteiger partial charge in [-0.3, -0.25) is 9.59 Å². The first-order valence-electron chi connectivity index (χ1n) is 6.59. The van der Waals surface area contributed by atoms with Gasteiger partial charge in [-0.1, -0.05) is 32.0 Å². The summed E-state index contributed by atoms with van der Waals surface area (Å²) in [4.78, 5) is 22.9. The molecule has 1 aromatic carbocycles. The van der Waals surface area contributed by atoms with Crippen molar-refractivity contribution in [1.29, 1.82) is 0 Å². The number of carbonyl (C=O) groups excluding carboxylic acids is 2. The van der Waals surface area contributed by atoms with Gasteiger partial charge < -0.3 is 10.1 Å². The smallest absolute Gasteiger partial charge is 0.306 e. The Hall–Kier alpha value is -1.84. The van der Waals surface area contributed by atoms with E-state index < -0.39 is 0 Å². The Morgan fingerprint density at radius 1 is 1.21 bits per heavy atom. The molecule has 0 unspecified atom stereocenters. The van der Waals surface area contributed by atoms with E-state index in [1.807, 2.05) is 24.3 Å². The second-order valence-electron chi connectivity index (χ2n) is 4.60. The van der Waals surface area contributed by atoms with Crippen LogP contribution in [0.15, 0.2) is 24.3 Å². The van der Waals surface area contributed by atoms with Crippen molar-refractivity contribution in [3.63, 3.8) is 0 Å².